The Bertz CT molecular complexity index is 342. The van der Waals surface area contributed by atoms with Crippen molar-refractivity contribution >= 4 is 11.9 Å². The summed E-state index contributed by atoms with van der Waals surface area (Å²) in [4.78, 5) is 22.8. The van der Waals surface area contributed by atoms with Crippen LogP contribution in [0.1, 0.15) is 46.0 Å². The van der Waals surface area contributed by atoms with E-state index in [9.17, 15) is 9.59 Å². The third kappa shape index (κ3) is 3.74. The number of nitriles is 1. The van der Waals surface area contributed by atoms with Crippen LogP contribution in [-0.2, 0) is 14.3 Å². The summed E-state index contributed by atoms with van der Waals surface area (Å²) >= 11 is 0. The van der Waals surface area contributed by atoms with Gasteiger partial charge in [-0.25, -0.2) is 0 Å². The van der Waals surface area contributed by atoms with E-state index in [1.165, 1.54) is 20.3 Å². The zero-order valence-electron chi connectivity index (χ0n) is 10.3. The molecule has 17 heavy (non-hydrogen) atoms. The smallest absolute Gasteiger partial charge is 0.304 e. The number of nitrogens with zero attached hydrogens (tertiary/aromatic N) is 1. The molecule has 0 bridgehead atoms. The molecule has 1 atom stereocenters. The fourth-order valence-electron chi connectivity index (χ4n) is 1.98. The fourth-order valence-corrected chi connectivity index (χ4v) is 1.98. The van der Waals surface area contributed by atoms with E-state index in [-0.39, 0.29) is 6.04 Å². The van der Waals surface area contributed by atoms with Crippen LogP contribution in [0.25, 0.3) is 0 Å². The van der Waals surface area contributed by atoms with Gasteiger partial charge in [0.05, 0.1) is 0 Å². The van der Waals surface area contributed by atoms with Gasteiger partial charge in [-0.15, -0.1) is 0 Å². The van der Waals surface area contributed by atoms with Gasteiger partial charge < -0.3 is 10.1 Å². The van der Waals surface area contributed by atoms with Gasteiger partial charge in [-0.2, -0.15) is 5.26 Å². The van der Waals surface area contributed by atoms with Crippen molar-refractivity contribution < 1.29 is 14.3 Å². The highest BCUT2D eigenvalue weighted by Gasteiger charge is 2.38. The second kappa shape index (κ2) is 5.67. The molecular formula is C12H18N2O3. The zero-order chi connectivity index (χ0) is 12.9. The van der Waals surface area contributed by atoms with Crippen LogP contribution in [0.3, 0.4) is 0 Å². The molecule has 0 aromatic rings. The lowest BCUT2D eigenvalue weighted by Crippen LogP contribution is -2.50. The Kier molecular flexibility index (Phi) is 4.50. The minimum absolute atomic E-state index is 0.0967. The fraction of sp³-hybridized carbons (Fsp3) is 0.750. The van der Waals surface area contributed by atoms with Crippen molar-refractivity contribution in [3.8, 4) is 6.07 Å². The molecule has 0 spiro atoms. The Morgan fingerprint density at radius 2 is 1.94 bits per heavy atom. The molecule has 1 aliphatic carbocycles. The molecule has 0 aromatic carbocycles. The number of carbonyl (C=O) groups is 2. The summed E-state index contributed by atoms with van der Waals surface area (Å²) in [6.45, 7) is 2.50. The molecule has 1 saturated carbocycles. The van der Waals surface area contributed by atoms with Crippen LogP contribution in [0.2, 0.25) is 0 Å². The van der Waals surface area contributed by atoms with Gasteiger partial charge in [0.1, 0.15) is 6.07 Å². The van der Waals surface area contributed by atoms with E-state index >= 15 is 0 Å². The maximum Gasteiger partial charge on any atom is 0.304 e. The second-order valence-electron chi connectivity index (χ2n) is 4.55. The van der Waals surface area contributed by atoms with Crippen molar-refractivity contribution in [1.29, 1.82) is 5.26 Å². The minimum Gasteiger partial charge on any atom is -0.434 e. The maximum atomic E-state index is 11.9. The largest absolute Gasteiger partial charge is 0.434 e. The van der Waals surface area contributed by atoms with Crippen molar-refractivity contribution in [2.45, 2.75) is 57.6 Å². The molecule has 1 aliphatic rings. The number of nitrogens with one attached hydrogen (secondary N) is 1. The Morgan fingerprint density at radius 1 is 1.35 bits per heavy atom. The number of hydrogen-bond acceptors (Lipinski definition) is 4. The first kappa shape index (κ1) is 13.5. The van der Waals surface area contributed by atoms with Crippen LogP contribution < -0.4 is 5.32 Å². The first-order chi connectivity index (χ1) is 7.98. The third-order valence-corrected chi connectivity index (χ3v) is 2.93. The third-order valence-electron chi connectivity index (χ3n) is 2.93. The summed E-state index contributed by atoms with van der Waals surface area (Å²) in [7, 11) is 0. The molecule has 1 unspecified atom stereocenters. The molecule has 1 N–H and O–H groups in total. The van der Waals surface area contributed by atoms with Gasteiger partial charge >= 0.3 is 5.97 Å². The van der Waals surface area contributed by atoms with E-state index in [0.29, 0.717) is 0 Å². The molecule has 1 fully saturated rings. The van der Waals surface area contributed by atoms with Crippen LogP contribution in [0.4, 0.5) is 0 Å². The topological polar surface area (TPSA) is 79.2 Å². The molecule has 5 nitrogen and oxygen atoms in total. The molecule has 5 heteroatoms. The van der Waals surface area contributed by atoms with E-state index in [0.717, 1.165) is 25.7 Å². The quantitative estimate of drug-likeness (QED) is 0.751. The molecule has 94 valence electrons. The predicted octanol–water partition coefficient (Wildman–Crippen LogP) is 1.28. The van der Waals surface area contributed by atoms with E-state index in [1.54, 1.807) is 6.07 Å². The lowest BCUT2D eigenvalue weighted by molar-refractivity contribution is -0.159. The molecule has 1 amide bonds. The van der Waals surface area contributed by atoms with Crippen LogP contribution >= 0.6 is 0 Å². The van der Waals surface area contributed by atoms with Gasteiger partial charge in [0.2, 0.25) is 0 Å². The Morgan fingerprint density at radius 3 is 2.41 bits per heavy atom. The van der Waals surface area contributed by atoms with Crippen LogP contribution in [0.15, 0.2) is 0 Å². The summed E-state index contributed by atoms with van der Waals surface area (Å²) in [5.41, 5.74) is -1.72. The van der Waals surface area contributed by atoms with Crippen molar-refractivity contribution in [3.63, 3.8) is 0 Å². The second-order valence-corrected chi connectivity index (χ2v) is 4.55. The molecule has 0 saturated heterocycles. The molecule has 0 aliphatic heterocycles. The highest BCUT2D eigenvalue weighted by Crippen LogP contribution is 2.19. The number of carbonyl (C=O) groups excluding carboxylic acids is 2. The predicted molar refractivity (Wildman–Crippen MR) is 60.8 cm³/mol. The van der Waals surface area contributed by atoms with Gasteiger partial charge in [-0.05, 0) is 19.8 Å². The van der Waals surface area contributed by atoms with Crippen LogP contribution in [-0.4, -0.2) is 23.5 Å². The molecular weight excluding hydrogens is 220 g/mol. The first-order valence-electron chi connectivity index (χ1n) is 5.90. The molecule has 0 radical (unpaired) electrons. The van der Waals surface area contributed by atoms with Gasteiger partial charge in [-0.1, -0.05) is 19.3 Å². The lowest BCUT2D eigenvalue weighted by atomic mass is 9.94. The molecule has 0 heterocycles. The lowest BCUT2D eigenvalue weighted by Gasteiger charge is -2.27. The van der Waals surface area contributed by atoms with Crippen LogP contribution in [0.5, 0.6) is 0 Å². The summed E-state index contributed by atoms with van der Waals surface area (Å²) in [5, 5.41) is 11.7. The summed E-state index contributed by atoms with van der Waals surface area (Å²) in [6, 6.07) is 1.84. The number of hydrogen-bond donors (Lipinski definition) is 1. The first-order valence-corrected chi connectivity index (χ1v) is 5.90. The number of rotatable bonds is 3. The Hall–Kier alpha value is -1.57. The zero-order valence-corrected chi connectivity index (χ0v) is 10.3. The number of amides is 1. The average molecular weight is 238 g/mol. The molecule has 0 aromatic heterocycles. The number of ether oxygens (including phenoxy) is 1. The average Bonchev–Trinajstić information content (AvgIpc) is 2.29. The van der Waals surface area contributed by atoms with Gasteiger partial charge in [0.15, 0.2) is 0 Å². The highest BCUT2D eigenvalue weighted by atomic mass is 16.6. The van der Waals surface area contributed by atoms with Crippen molar-refractivity contribution in [1.82, 2.24) is 5.32 Å². The van der Waals surface area contributed by atoms with Crippen molar-refractivity contribution in [2.75, 3.05) is 0 Å². The van der Waals surface area contributed by atoms with Gasteiger partial charge in [0.25, 0.3) is 11.5 Å². The Balaban J connectivity index is 2.60. The minimum atomic E-state index is -1.72. The van der Waals surface area contributed by atoms with Gasteiger partial charge in [-0.3, -0.25) is 9.59 Å². The monoisotopic (exact) mass is 238 g/mol. The maximum absolute atomic E-state index is 11.9. The molecule has 1 rings (SSSR count). The normalized spacial score (nSPS) is 19.8. The van der Waals surface area contributed by atoms with E-state index in [1.807, 2.05) is 0 Å². The summed E-state index contributed by atoms with van der Waals surface area (Å²) < 4.78 is 4.78. The SMILES string of the molecule is CC(=O)OC(C)(C#N)C(=O)NC1CCCCC1. The van der Waals surface area contributed by atoms with Crippen molar-refractivity contribution in [2.24, 2.45) is 0 Å². The van der Waals surface area contributed by atoms with Gasteiger partial charge in [0, 0.05) is 13.0 Å². The summed E-state index contributed by atoms with van der Waals surface area (Å²) in [5.74, 6) is -1.16. The Labute approximate surface area is 101 Å². The van der Waals surface area contributed by atoms with E-state index in [2.05, 4.69) is 5.32 Å². The van der Waals surface area contributed by atoms with Crippen LogP contribution in [0, 0.1) is 11.3 Å². The summed E-state index contributed by atoms with van der Waals surface area (Å²) in [6.07, 6.45) is 5.20. The number of esters is 1. The van der Waals surface area contributed by atoms with E-state index in [4.69, 9.17) is 10.00 Å². The highest BCUT2D eigenvalue weighted by molar-refractivity contribution is 5.90. The standard InChI is InChI=1S/C12H18N2O3/c1-9(15)17-12(2,8-13)11(16)14-10-6-4-3-5-7-10/h10H,3-7H2,1-2H3,(H,14,16). The van der Waals surface area contributed by atoms with E-state index < -0.39 is 17.5 Å². The van der Waals surface area contributed by atoms with Crippen molar-refractivity contribution in [3.05, 3.63) is 0 Å².